The lowest BCUT2D eigenvalue weighted by molar-refractivity contribution is 0.373. The minimum absolute atomic E-state index is 0.600. The molecule has 0 unspecified atom stereocenters. The lowest BCUT2D eigenvalue weighted by Crippen LogP contribution is -1.96. The largest absolute Gasteiger partial charge is 0.301 e. The van der Waals surface area contributed by atoms with Crippen LogP contribution in [0.3, 0.4) is 0 Å². The lowest BCUT2D eigenvalue weighted by Gasteiger charge is -1.92. The molecule has 0 aromatic heterocycles. The summed E-state index contributed by atoms with van der Waals surface area (Å²) in [7, 11) is -3.39. The van der Waals surface area contributed by atoms with Gasteiger partial charge < -0.3 is 0 Å². The van der Waals surface area contributed by atoms with Crippen molar-refractivity contribution in [3.8, 4) is 0 Å². The number of hydrogen-bond donors (Lipinski definition) is 0. The fourth-order valence-electron chi connectivity index (χ4n) is 0.306. The molecular formula is C4H4F3IO2S. The predicted octanol–water partition coefficient (Wildman–Crippen LogP) is 2.22. The van der Waals surface area contributed by atoms with Crippen molar-refractivity contribution in [2.45, 2.75) is 6.42 Å². The van der Waals surface area contributed by atoms with Crippen LogP contribution in [0, 0.1) is 0 Å². The molecule has 2 nitrogen and oxygen atoms in total. The Bertz CT molecular complexity index is 255. The zero-order chi connectivity index (χ0) is 9.07. The van der Waals surface area contributed by atoms with Crippen LogP contribution >= 0.6 is 21.2 Å². The summed E-state index contributed by atoms with van der Waals surface area (Å²) in [5.41, 5.74) is 0. The van der Waals surface area contributed by atoms with Crippen molar-refractivity contribution in [2.75, 3.05) is 5.75 Å². The van der Waals surface area contributed by atoms with E-state index in [0.29, 0.717) is 0 Å². The van der Waals surface area contributed by atoms with Crippen LogP contribution in [0.4, 0.5) is 13.2 Å². The third-order valence-corrected chi connectivity index (χ3v) is 2.78. The van der Waals surface area contributed by atoms with E-state index in [1.165, 1.54) is 0 Å². The van der Waals surface area contributed by atoms with Crippen LogP contribution in [0.25, 0.3) is 0 Å². The number of rotatable bonds is 3. The lowest BCUT2D eigenvalue weighted by atomic mass is 10.4. The molecule has 0 atom stereocenters. The third-order valence-electron chi connectivity index (χ3n) is 0.770. The van der Waals surface area contributed by atoms with Crippen LogP contribution in [-0.4, -0.2) is 14.2 Å². The molecule has 0 aromatic rings. The van der Waals surface area contributed by atoms with Crippen LogP contribution in [-0.2, 0) is 7.01 Å². The fourth-order valence-corrected chi connectivity index (χ4v) is 1.39. The van der Waals surface area contributed by atoms with E-state index in [9.17, 15) is 21.6 Å². The van der Waals surface area contributed by atoms with E-state index >= 15 is 0 Å². The van der Waals surface area contributed by atoms with Crippen LogP contribution < -0.4 is 0 Å². The maximum Gasteiger partial charge on any atom is 0.301 e. The van der Waals surface area contributed by atoms with Gasteiger partial charge in [-0.1, -0.05) is 0 Å². The fraction of sp³-hybridized carbons (Fsp3) is 0.500. The van der Waals surface area contributed by atoms with E-state index in [0.717, 1.165) is 21.2 Å². The monoisotopic (exact) mass is 300 g/mol. The Morgan fingerprint density at radius 1 is 1.27 bits per heavy atom. The first-order chi connectivity index (χ1) is 4.83. The molecule has 0 saturated carbocycles. The molecule has 0 spiro atoms. The standard InChI is InChI=1S/C4H4F3IO2S/c5-3(4(6)7)1-2-11(8,9)10/h1-2H2. The molecule has 0 aliphatic rings. The molecule has 0 radical (unpaired) electrons. The average Bonchev–Trinajstić information content (AvgIpc) is 1.80. The molecule has 66 valence electrons. The SMILES string of the molecule is O=S(=O)(I)CCC(F)=C(F)F. The highest BCUT2D eigenvalue weighted by Crippen LogP contribution is 2.15. The van der Waals surface area contributed by atoms with E-state index in [4.69, 9.17) is 0 Å². The van der Waals surface area contributed by atoms with E-state index in [1.807, 2.05) is 0 Å². The zero-order valence-electron chi connectivity index (χ0n) is 5.15. The van der Waals surface area contributed by atoms with Gasteiger partial charge in [-0.25, -0.2) is 12.8 Å². The minimum atomic E-state index is -3.39. The first-order valence-electron chi connectivity index (χ1n) is 2.45. The molecule has 0 rings (SSSR count). The van der Waals surface area contributed by atoms with Gasteiger partial charge in [-0.3, -0.25) is 0 Å². The minimum Gasteiger partial charge on any atom is -0.218 e. The van der Waals surface area contributed by atoms with Crippen molar-refractivity contribution >= 4 is 28.2 Å². The van der Waals surface area contributed by atoms with Gasteiger partial charge in [-0.05, 0) is 0 Å². The number of halogens is 4. The number of allylic oxidation sites excluding steroid dienone is 1. The predicted molar refractivity (Wildman–Crippen MR) is 42.8 cm³/mol. The van der Waals surface area contributed by atoms with Gasteiger partial charge in [0, 0.05) is 6.42 Å². The Hall–Kier alpha value is 0.210. The van der Waals surface area contributed by atoms with Gasteiger partial charge in [0.25, 0.3) is 0 Å². The molecule has 0 fully saturated rings. The average molecular weight is 300 g/mol. The molecule has 0 aromatic carbocycles. The topological polar surface area (TPSA) is 34.1 Å². The Balaban J connectivity index is 4.03. The summed E-state index contributed by atoms with van der Waals surface area (Å²) in [6.07, 6.45) is -3.21. The van der Waals surface area contributed by atoms with Crippen LogP contribution in [0.2, 0.25) is 0 Å². The molecule has 11 heavy (non-hydrogen) atoms. The molecule has 0 aliphatic carbocycles. The van der Waals surface area contributed by atoms with Gasteiger partial charge in [0.15, 0.2) is 5.83 Å². The summed E-state index contributed by atoms with van der Waals surface area (Å²) >= 11 is 1.07. The molecule has 0 bridgehead atoms. The second-order valence-corrected chi connectivity index (χ2v) is 7.17. The Morgan fingerprint density at radius 3 is 2.00 bits per heavy atom. The van der Waals surface area contributed by atoms with Gasteiger partial charge in [0.2, 0.25) is 7.01 Å². The van der Waals surface area contributed by atoms with E-state index in [2.05, 4.69) is 0 Å². The van der Waals surface area contributed by atoms with Gasteiger partial charge in [0.1, 0.15) is 0 Å². The molecule has 0 saturated heterocycles. The molecule has 7 heteroatoms. The maximum atomic E-state index is 11.9. The summed E-state index contributed by atoms with van der Waals surface area (Å²) in [6, 6.07) is 0. The van der Waals surface area contributed by atoms with E-state index < -0.39 is 31.1 Å². The van der Waals surface area contributed by atoms with Crippen molar-refractivity contribution in [1.29, 1.82) is 0 Å². The maximum absolute atomic E-state index is 11.9. The van der Waals surface area contributed by atoms with Crippen molar-refractivity contribution in [2.24, 2.45) is 0 Å². The van der Waals surface area contributed by atoms with Crippen molar-refractivity contribution in [3.05, 3.63) is 11.9 Å². The van der Waals surface area contributed by atoms with E-state index in [1.54, 1.807) is 0 Å². The van der Waals surface area contributed by atoms with Crippen LogP contribution in [0.15, 0.2) is 11.9 Å². The van der Waals surface area contributed by atoms with Crippen molar-refractivity contribution in [1.82, 2.24) is 0 Å². The highest BCUT2D eigenvalue weighted by Gasteiger charge is 2.10. The first kappa shape index (κ1) is 11.2. The van der Waals surface area contributed by atoms with Crippen molar-refractivity contribution in [3.63, 3.8) is 0 Å². The Morgan fingerprint density at radius 2 is 1.73 bits per heavy atom. The summed E-state index contributed by atoms with van der Waals surface area (Å²) in [5.74, 6) is -2.26. The first-order valence-corrected chi connectivity index (χ1v) is 6.64. The normalized spacial score (nSPS) is 11.3. The quantitative estimate of drug-likeness (QED) is 0.591. The molecule has 0 heterocycles. The van der Waals surface area contributed by atoms with Gasteiger partial charge >= 0.3 is 6.08 Å². The number of hydrogen-bond acceptors (Lipinski definition) is 2. The molecular weight excluding hydrogens is 296 g/mol. The van der Waals surface area contributed by atoms with Gasteiger partial charge in [-0.15, -0.1) is 0 Å². The summed E-state index contributed by atoms with van der Waals surface area (Å²) in [5, 5.41) is 0. The van der Waals surface area contributed by atoms with Crippen LogP contribution in [0.1, 0.15) is 6.42 Å². The molecule has 0 amide bonds. The molecule has 0 N–H and O–H groups in total. The third kappa shape index (κ3) is 6.60. The summed E-state index contributed by atoms with van der Waals surface area (Å²) < 4.78 is 55.2. The van der Waals surface area contributed by atoms with Crippen molar-refractivity contribution < 1.29 is 21.6 Å². The second kappa shape index (κ2) is 4.29. The van der Waals surface area contributed by atoms with E-state index in [-0.39, 0.29) is 0 Å². The molecule has 0 aliphatic heterocycles. The Labute approximate surface area is 74.0 Å². The van der Waals surface area contributed by atoms with Gasteiger partial charge in [-0.2, -0.15) is 8.78 Å². The second-order valence-electron chi connectivity index (χ2n) is 1.66. The summed E-state index contributed by atoms with van der Waals surface area (Å²) in [6.45, 7) is 0. The summed E-state index contributed by atoms with van der Waals surface area (Å²) in [4.78, 5) is 0. The highest BCUT2D eigenvalue weighted by molar-refractivity contribution is 14.2. The van der Waals surface area contributed by atoms with Crippen LogP contribution in [0.5, 0.6) is 0 Å². The zero-order valence-corrected chi connectivity index (χ0v) is 8.12. The highest BCUT2D eigenvalue weighted by atomic mass is 127. The Kier molecular flexibility index (Phi) is 4.37. The smallest absolute Gasteiger partial charge is 0.218 e. The van der Waals surface area contributed by atoms with Gasteiger partial charge in [0.05, 0.1) is 27.0 Å².